The Morgan fingerprint density at radius 2 is 1.85 bits per heavy atom. The summed E-state index contributed by atoms with van der Waals surface area (Å²) in [7, 11) is 1.45. The number of aliphatic imine (C=N–C) groups is 1. The number of imide groups is 1. The summed E-state index contributed by atoms with van der Waals surface area (Å²) in [5.41, 5.74) is 3.05. The fraction of sp³-hybridized carbons (Fsp3) is 0.393. The molecule has 1 aliphatic carbocycles. The van der Waals surface area contributed by atoms with Crippen LogP contribution in [0, 0.1) is 5.92 Å². The first-order chi connectivity index (χ1) is 18.9. The highest BCUT2D eigenvalue weighted by atomic mass is 35.5. The summed E-state index contributed by atoms with van der Waals surface area (Å²) in [5.74, 6) is -0.973. The number of urea groups is 1. The molecule has 2 aliphatic rings. The first-order valence-corrected chi connectivity index (χ1v) is 13.3. The van der Waals surface area contributed by atoms with Crippen LogP contribution in [0.5, 0.6) is 0 Å². The number of benzene rings is 2. The summed E-state index contributed by atoms with van der Waals surface area (Å²) in [6.07, 6.45) is 2.38. The number of nitrogens with one attached hydrogen (secondary N) is 3. The Bertz CT molecular complexity index is 1280. The molecular formula is C28H32ClN5O5. The van der Waals surface area contributed by atoms with Crippen LogP contribution < -0.4 is 16.0 Å². The lowest BCUT2D eigenvalue weighted by Gasteiger charge is -2.25. The maximum absolute atomic E-state index is 13.3. The molecule has 0 spiro atoms. The molecule has 39 heavy (non-hydrogen) atoms. The fourth-order valence-electron chi connectivity index (χ4n) is 4.66. The van der Waals surface area contributed by atoms with Gasteiger partial charge < -0.3 is 15.4 Å². The summed E-state index contributed by atoms with van der Waals surface area (Å²) >= 11 is 6.47. The third-order valence-corrected chi connectivity index (χ3v) is 6.95. The van der Waals surface area contributed by atoms with Gasteiger partial charge in [-0.15, -0.1) is 0 Å². The number of hydrogen-bond donors (Lipinski definition) is 3. The number of carbonyl (C=O) groups excluding carboxylic acids is 4. The van der Waals surface area contributed by atoms with Crippen molar-refractivity contribution in [2.75, 3.05) is 38.7 Å². The van der Waals surface area contributed by atoms with Crippen LogP contribution in [-0.2, 0) is 32.0 Å². The molecule has 206 valence electrons. The lowest BCUT2D eigenvalue weighted by molar-refractivity contribution is -0.131. The Kier molecular flexibility index (Phi) is 9.67. The second kappa shape index (κ2) is 13.3. The second-order valence-electron chi connectivity index (χ2n) is 9.44. The van der Waals surface area contributed by atoms with Gasteiger partial charge in [0.25, 0.3) is 0 Å². The highest BCUT2D eigenvalue weighted by Crippen LogP contribution is 2.29. The van der Waals surface area contributed by atoms with Crippen molar-refractivity contribution < 1.29 is 23.9 Å². The molecule has 11 heteroatoms. The van der Waals surface area contributed by atoms with Crippen LogP contribution in [0.15, 0.2) is 47.5 Å². The summed E-state index contributed by atoms with van der Waals surface area (Å²) in [6, 6.07) is 12.0. The molecule has 5 amide bonds. The number of carbonyl (C=O) groups is 4. The van der Waals surface area contributed by atoms with E-state index in [1.807, 2.05) is 18.2 Å². The molecule has 1 aliphatic heterocycles. The molecule has 0 saturated carbocycles. The van der Waals surface area contributed by atoms with Crippen molar-refractivity contribution >= 4 is 46.9 Å². The SMILES string of the molecule is CNC(=O)NC(=O)C1Cc2ccc(NC(=O)CN3C(=O)CCCOCCCN=C3c3ccccc3Cl)cc2C1. The summed E-state index contributed by atoms with van der Waals surface area (Å²) < 4.78 is 5.57. The van der Waals surface area contributed by atoms with Gasteiger partial charge in [0.2, 0.25) is 17.7 Å². The summed E-state index contributed by atoms with van der Waals surface area (Å²) in [5, 5.41) is 8.01. The highest BCUT2D eigenvalue weighted by Gasteiger charge is 2.29. The summed E-state index contributed by atoms with van der Waals surface area (Å²) in [4.78, 5) is 56.4. The average molecular weight is 554 g/mol. The van der Waals surface area contributed by atoms with Gasteiger partial charge in [-0.25, -0.2) is 4.79 Å². The molecule has 0 bridgehead atoms. The van der Waals surface area contributed by atoms with E-state index in [2.05, 4.69) is 20.9 Å². The first kappa shape index (κ1) is 28.3. The predicted octanol–water partition coefficient (Wildman–Crippen LogP) is 2.92. The smallest absolute Gasteiger partial charge is 0.321 e. The fourth-order valence-corrected chi connectivity index (χ4v) is 4.88. The van der Waals surface area contributed by atoms with E-state index in [0.717, 1.165) is 11.1 Å². The Balaban J connectivity index is 1.50. The van der Waals surface area contributed by atoms with Crippen LogP contribution in [0.3, 0.4) is 0 Å². The third kappa shape index (κ3) is 7.42. The van der Waals surface area contributed by atoms with Crippen LogP contribution in [0.25, 0.3) is 0 Å². The maximum Gasteiger partial charge on any atom is 0.321 e. The van der Waals surface area contributed by atoms with Gasteiger partial charge in [0, 0.05) is 50.4 Å². The monoisotopic (exact) mass is 553 g/mol. The van der Waals surface area contributed by atoms with E-state index >= 15 is 0 Å². The molecule has 4 rings (SSSR count). The van der Waals surface area contributed by atoms with E-state index < -0.39 is 6.03 Å². The summed E-state index contributed by atoms with van der Waals surface area (Å²) in [6.45, 7) is 1.19. The minimum absolute atomic E-state index is 0.203. The van der Waals surface area contributed by atoms with Gasteiger partial charge in [0.05, 0.1) is 5.02 Å². The normalized spacial score (nSPS) is 17.9. The number of amidine groups is 1. The molecular weight excluding hydrogens is 522 g/mol. The molecule has 0 radical (unpaired) electrons. The maximum atomic E-state index is 13.3. The molecule has 3 N–H and O–H groups in total. The number of amides is 5. The van der Waals surface area contributed by atoms with Crippen molar-refractivity contribution in [3.63, 3.8) is 0 Å². The van der Waals surface area contributed by atoms with Crippen molar-refractivity contribution in [3.8, 4) is 0 Å². The molecule has 2 aromatic carbocycles. The van der Waals surface area contributed by atoms with Crippen LogP contribution in [0.4, 0.5) is 10.5 Å². The van der Waals surface area contributed by atoms with Gasteiger partial charge in [0.15, 0.2) is 0 Å². The van der Waals surface area contributed by atoms with E-state index in [1.165, 1.54) is 11.9 Å². The van der Waals surface area contributed by atoms with Crippen molar-refractivity contribution in [1.29, 1.82) is 0 Å². The molecule has 0 saturated heterocycles. The number of halogens is 1. The Hall–Kier alpha value is -3.76. The zero-order valence-electron chi connectivity index (χ0n) is 21.8. The number of anilines is 1. The van der Waals surface area contributed by atoms with Gasteiger partial charge in [-0.2, -0.15) is 0 Å². The van der Waals surface area contributed by atoms with Crippen molar-refractivity contribution in [2.24, 2.45) is 10.9 Å². The molecule has 10 nitrogen and oxygen atoms in total. The first-order valence-electron chi connectivity index (χ1n) is 13.0. The molecule has 1 unspecified atom stereocenters. The van der Waals surface area contributed by atoms with Crippen molar-refractivity contribution in [3.05, 3.63) is 64.2 Å². The third-order valence-electron chi connectivity index (χ3n) is 6.62. The lowest BCUT2D eigenvalue weighted by Crippen LogP contribution is -2.43. The topological polar surface area (TPSA) is 129 Å². The Morgan fingerprint density at radius 3 is 2.64 bits per heavy atom. The number of fused-ring (bicyclic) bond motifs is 1. The van der Waals surface area contributed by atoms with E-state index in [-0.39, 0.29) is 36.6 Å². The zero-order valence-corrected chi connectivity index (χ0v) is 22.6. The van der Waals surface area contributed by atoms with E-state index in [4.69, 9.17) is 16.3 Å². The van der Waals surface area contributed by atoms with Gasteiger partial charge in [-0.3, -0.25) is 29.6 Å². The van der Waals surface area contributed by atoms with Crippen LogP contribution in [0.1, 0.15) is 36.0 Å². The number of hydrogen-bond acceptors (Lipinski definition) is 6. The van der Waals surface area contributed by atoms with Crippen LogP contribution in [-0.4, -0.2) is 67.8 Å². The van der Waals surface area contributed by atoms with Crippen molar-refractivity contribution in [1.82, 2.24) is 15.5 Å². The van der Waals surface area contributed by atoms with Gasteiger partial charge in [-0.05, 0) is 61.1 Å². The van der Waals surface area contributed by atoms with Gasteiger partial charge in [-0.1, -0.05) is 29.8 Å². The number of nitrogens with zero attached hydrogens (tertiary/aromatic N) is 2. The van der Waals surface area contributed by atoms with Crippen LogP contribution >= 0.6 is 11.6 Å². The van der Waals surface area contributed by atoms with Crippen molar-refractivity contribution in [2.45, 2.75) is 32.1 Å². The molecule has 1 atom stereocenters. The average Bonchev–Trinajstić information content (AvgIpc) is 3.34. The minimum Gasteiger partial charge on any atom is -0.381 e. The standard InChI is InChI=1S/C28H32ClN5O5/c1-30-28(38)33-27(37)20-14-18-9-10-21(16-19(18)15-20)32-24(35)17-34-25(36)8-4-12-39-13-5-11-31-26(34)22-6-2-3-7-23(22)29/h2-3,6-7,9-10,16,20H,4-5,8,11-15,17H2,1H3,(H,32,35)(H2,30,33,37,38). The highest BCUT2D eigenvalue weighted by molar-refractivity contribution is 6.34. The Labute approximate surface area is 232 Å². The Morgan fingerprint density at radius 1 is 1.08 bits per heavy atom. The molecule has 2 aromatic rings. The predicted molar refractivity (Wildman–Crippen MR) is 148 cm³/mol. The lowest BCUT2D eigenvalue weighted by atomic mass is 10.1. The number of rotatable bonds is 5. The number of ether oxygens (including phenoxy) is 1. The van der Waals surface area contributed by atoms with Gasteiger partial charge >= 0.3 is 6.03 Å². The molecule has 0 fully saturated rings. The quantitative estimate of drug-likeness (QED) is 0.524. The van der Waals surface area contributed by atoms with E-state index in [9.17, 15) is 19.2 Å². The second-order valence-corrected chi connectivity index (χ2v) is 9.85. The molecule has 0 aromatic heterocycles. The zero-order chi connectivity index (χ0) is 27.8. The van der Waals surface area contributed by atoms with E-state index in [0.29, 0.717) is 67.6 Å². The van der Waals surface area contributed by atoms with Gasteiger partial charge in [0.1, 0.15) is 12.4 Å². The molecule has 1 heterocycles. The largest absolute Gasteiger partial charge is 0.381 e. The van der Waals surface area contributed by atoms with E-state index in [1.54, 1.807) is 24.3 Å². The van der Waals surface area contributed by atoms with Crippen LogP contribution in [0.2, 0.25) is 5.02 Å². The minimum atomic E-state index is -0.545.